The molecule has 0 aliphatic carbocycles. The minimum Gasteiger partial charge on any atom is -0.357 e. The molecule has 0 amide bonds. The van der Waals surface area contributed by atoms with Crippen LogP contribution in [0.1, 0.15) is 18.4 Å². The summed E-state index contributed by atoms with van der Waals surface area (Å²) in [5, 5.41) is 10.7. The van der Waals surface area contributed by atoms with E-state index < -0.39 is 4.92 Å². The first-order valence-electron chi connectivity index (χ1n) is 6.10. The summed E-state index contributed by atoms with van der Waals surface area (Å²) >= 11 is 0. The van der Waals surface area contributed by atoms with Crippen molar-refractivity contribution >= 4 is 11.5 Å². The maximum Gasteiger partial charge on any atom is 0.290 e. The Balaban J connectivity index is 2.13. The average molecular weight is 247 g/mol. The van der Waals surface area contributed by atoms with Crippen molar-refractivity contribution in [3.05, 3.63) is 40.6 Å². The summed E-state index contributed by atoms with van der Waals surface area (Å²) in [4.78, 5) is 16.7. The van der Waals surface area contributed by atoms with Gasteiger partial charge in [0.05, 0.1) is 4.92 Å². The number of nitro groups is 1. The molecule has 2 rings (SSSR count). The van der Waals surface area contributed by atoms with Crippen LogP contribution in [0.15, 0.2) is 24.9 Å². The number of aryl methyl sites for hydroxylation is 1. The highest BCUT2D eigenvalue weighted by atomic mass is 16.6. The first kappa shape index (κ1) is 12.5. The second-order valence-electron chi connectivity index (χ2n) is 4.65. The lowest BCUT2D eigenvalue weighted by molar-refractivity contribution is -0.385. The van der Waals surface area contributed by atoms with Gasteiger partial charge in [-0.2, -0.15) is 0 Å². The lowest BCUT2D eigenvalue weighted by atomic mass is 9.97. The second kappa shape index (κ2) is 5.16. The van der Waals surface area contributed by atoms with Gasteiger partial charge in [0.25, 0.3) is 5.69 Å². The molecule has 5 heteroatoms. The Morgan fingerprint density at radius 2 is 2.22 bits per heavy atom. The molecule has 0 atom stereocenters. The summed E-state index contributed by atoms with van der Waals surface area (Å²) in [5.74, 6) is 1.42. The first-order chi connectivity index (χ1) is 8.61. The fourth-order valence-electron chi connectivity index (χ4n) is 2.26. The highest BCUT2D eigenvalue weighted by Gasteiger charge is 2.20. The number of anilines is 1. The number of nitrogens with zero attached hydrogens (tertiary/aromatic N) is 3. The molecule has 0 bridgehead atoms. The molecular weight excluding hydrogens is 230 g/mol. The fourth-order valence-corrected chi connectivity index (χ4v) is 2.26. The second-order valence-corrected chi connectivity index (χ2v) is 4.65. The average Bonchev–Trinajstić information content (AvgIpc) is 2.38. The Kier molecular flexibility index (Phi) is 3.60. The van der Waals surface area contributed by atoms with Gasteiger partial charge >= 0.3 is 0 Å². The number of rotatable bonds is 3. The number of aromatic nitrogens is 1. The molecule has 96 valence electrons. The maximum atomic E-state index is 10.7. The summed E-state index contributed by atoms with van der Waals surface area (Å²) in [6.07, 6.45) is 5.50. The third-order valence-corrected chi connectivity index (χ3v) is 3.46. The number of hydrogen-bond acceptors (Lipinski definition) is 4. The molecule has 0 radical (unpaired) electrons. The molecular formula is C13H17N3O2. The minimum absolute atomic E-state index is 0.0831. The van der Waals surface area contributed by atoms with Crippen LogP contribution in [0.5, 0.6) is 0 Å². The van der Waals surface area contributed by atoms with Gasteiger partial charge in [-0.15, -0.1) is 6.58 Å². The van der Waals surface area contributed by atoms with E-state index in [0.717, 1.165) is 31.7 Å². The van der Waals surface area contributed by atoms with Crippen LogP contribution in [0.2, 0.25) is 0 Å². The van der Waals surface area contributed by atoms with Crippen molar-refractivity contribution in [3.8, 4) is 0 Å². The van der Waals surface area contributed by atoms with Crippen molar-refractivity contribution in [2.45, 2.75) is 19.8 Å². The molecule has 1 aliphatic heterocycles. The number of hydrogen-bond donors (Lipinski definition) is 0. The van der Waals surface area contributed by atoms with E-state index in [1.807, 2.05) is 6.08 Å². The fraction of sp³-hybridized carbons (Fsp3) is 0.462. The molecule has 2 heterocycles. The maximum absolute atomic E-state index is 10.7. The van der Waals surface area contributed by atoms with E-state index in [4.69, 9.17) is 0 Å². The Labute approximate surface area is 106 Å². The van der Waals surface area contributed by atoms with Crippen LogP contribution in [0, 0.1) is 23.0 Å². The van der Waals surface area contributed by atoms with Crippen molar-refractivity contribution in [1.82, 2.24) is 4.98 Å². The molecule has 0 spiro atoms. The zero-order valence-corrected chi connectivity index (χ0v) is 10.5. The van der Waals surface area contributed by atoms with Gasteiger partial charge in [-0.25, -0.2) is 4.98 Å². The van der Waals surface area contributed by atoms with E-state index in [1.165, 1.54) is 6.20 Å². The molecule has 0 unspecified atom stereocenters. The number of pyridine rings is 1. The number of allylic oxidation sites excluding steroid dienone is 1. The Hall–Kier alpha value is -1.91. The normalized spacial score (nSPS) is 16.6. The third-order valence-electron chi connectivity index (χ3n) is 3.46. The monoisotopic (exact) mass is 247 g/mol. The van der Waals surface area contributed by atoms with E-state index in [0.29, 0.717) is 11.5 Å². The molecule has 0 aromatic carbocycles. The zero-order valence-electron chi connectivity index (χ0n) is 10.5. The zero-order chi connectivity index (χ0) is 13.1. The predicted octanol–water partition coefficient (Wildman–Crippen LogP) is 2.70. The summed E-state index contributed by atoms with van der Waals surface area (Å²) in [6.45, 7) is 7.43. The molecule has 1 aromatic heterocycles. The van der Waals surface area contributed by atoms with Gasteiger partial charge in [-0.3, -0.25) is 10.1 Å². The van der Waals surface area contributed by atoms with Crippen molar-refractivity contribution < 1.29 is 4.92 Å². The standard InChI is InChI=1S/C13H17N3O2/c1-3-11-4-6-15(7-5-11)13-8-10(2)12(9-14-13)16(17)18/h3,8-9,11H,1,4-7H2,2H3. The predicted molar refractivity (Wildman–Crippen MR) is 70.8 cm³/mol. The van der Waals surface area contributed by atoms with Gasteiger partial charge in [-0.05, 0) is 31.7 Å². The van der Waals surface area contributed by atoms with E-state index >= 15 is 0 Å². The van der Waals surface area contributed by atoms with Crippen LogP contribution in [0.4, 0.5) is 11.5 Å². The van der Waals surface area contributed by atoms with Crippen molar-refractivity contribution in [2.75, 3.05) is 18.0 Å². The molecule has 18 heavy (non-hydrogen) atoms. The Morgan fingerprint density at radius 3 is 2.72 bits per heavy atom. The summed E-state index contributed by atoms with van der Waals surface area (Å²) in [6, 6.07) is 1.80. The van der Waals surface area contributed by atoms with E-state index in [1.54, 1.807) is 13.0 Å². The van der Waals surface area contributed by atoms with Crippen LogP contribution >= 0.6 is 0 Å². The lowest BCUT2D eigenvalue weighted by Crippen LogP contribution is -2.33. The first-order valence-corrected chi connectivity index (χ1v) is 6.10. The van der Waals surface area contributed by atoms with Crippen LogP contribution in [0.25, 0.3) is 0 Å². The molecule has 1 fully saturated rings. The molecule has 0 saturated carbocycles. The summed E-state index contributed by atoms with van der Waals surface area (Å²) in [5.41, 5.74) is 0.746. The number of piperidine rings is 1. The van der Waals surface area contributed by atoms with Crippen LogP contribution < -0.4 is 4.90 Å². The largest absolute Gasteiger partial charge is 0.357 e. The van der Waals surface area contributed by atoms with E-state index in [-0.39, 0.29) is 5.69 Å². The molecule has 1 aliphatic rings. The summed E-state index contributed by atoms with van der Waals surface area (Å²) < 4.78 is 0. The van der Waals surface area contributed by atoms with E-state index in [2.05, 4.69) is 16.5 Å². The molecule has 1 aromatic rings. The highest BCUT2D eigenvalue weighted by Crippen LogP contribution is 2.25. The van der Waals surface area contributed by atoms with Crippen LogP contribution in [-0.4, -0.2) is 23.0 Å². The van der Waals surface area contributed by atoms with Gasteiger partial charge in [0.2, 0.25) is 0 Å². The molecule has 1 saturated heterocycles. The minimum atomic E-state index is -0.393. The molecule has 5 nitrogen and oxygen atoms in total. The van der Waals surface area contributed by atoms with Crippen molar-refractivity contribution in [3.63, 3.8) is 0 Å². The van der Waals surface area contributed by atoms with Gasteiger partial charge in [0.15, 0.2) is 0 Å². The lowest BCUT2D eigenvalue weighted by Gasteiger charge is -2.31. The smallest absolute Gasteiger partial charge is 0.290 e. The van der Waals surface area contributed by atoms with Gasteiger partial charge in [-0.1, -0.05) is 6.08 Å². The molecule has 0 N–H and O–H groups in total. The van der Waals surface area contributed by atoms with Gasteiger partial charge < -0.3 is 4.90 Å². The Morgan fingerprint density at radius 1 is 1.56 bits per heavy atom. The van der Waals surface area contributed by atoms with Crippen LogP contribution in [-0.2, 0) is 0 Å². The van der Waals surface area contributed by atoms with Crippen LogP contribution in [0.3, 0.4) is 0 Å². The van der Waals surface area contributed by atoms with Crippen molar-refractivity contribution in [2.24, 2.45) is 5.92 Å². The highest BCUT2D eigenvalue weighted by molar-refractivity contribution is 5.48. The van der Waals surface area contributed by atoms with Crippen molar-refractivity contribution in [1.29, 1.82) is 0 Å². The quantitative estimate of drug-likeness (QED) is 0.468. The van der Waals surface area contributed by atoms with Gasteiger partial charge in [0.1, 0.15) is 12.0 Å². The topological polar surface area (TPSA) is 59.3 Å². The Bertz CT molecular complexity index is 465. The third kappa shape index (κ3) is 2.50. The van der Waals surface area contributed by atoms with Gasteiger partial charge in [0, 0.05) is 18.7 Å². The van der Waals surface area contributed by atoms with E-state index in [9.17, 15) is 10.1 Å². The summed E-state index contributed by atoms with van der Waals surface area (Å²) in [7, 11) is 0. The SMILES string of the molecule is C=CC1CCN(c2cc(C)c([N+](=O)[O-])cn2)CC1.